The Kier molecular flexibility index (Phi) is 4.37. The molecule has 0 radical (unpaired) electrons. The Balaban J connectivity index is 2.53. The molecule has 0 saturated heterocycles. The quantitative estimate of drug-likeness (QED) is 0.747. The van der Waals surface area contributed by atoms with Crippen molar-refractivity contribution in [3.05, 3.63) is 42.2 Å². The van der Waals surface area contributed by atoms with E-state index >= 15 is 0 Å². The lowest BCUT2D eigenvalue weighted by molar-refractivity contribution is 0.201. The number of benzene rings is 1. The molecule has 4 nitrogen and oxygen atoms in total. The molecular formula is C11H13NO3. The molecule has 2 N–H and O–H groups in total. The van der Waals surface area contributed by atoms with Gasteiger partial charge in [-0.05, 0) is 24.6 Å². The molecule has 1 rings (SSSR count). The Morgan fingerprint density at radius 2 is 2.13 bits per heavy atom. The number of nitrogens with one attached hydrogen (secondary N) is 1. The standard InChI is InChI=1S/C11H13NO3/c1-2-7-15-11(14)12-10-5-3-9(8-13)4-6-10/h2-7,13H,8H2,1H3,(H,12,14). The van der Waals surface area contributed by atoms with E-state index in [4.69, 9.17) is 5.11 Å². The van der Waals surface area contributed by atoms with Gasteiger partial charge in [-0.25, -0.2) is 4.79 Å². The van der Waals surface area contributed by atoms with E-state index in [1.165, 1.54) is 6.26 Å². The van der Waals surface area contributed by atoms with Gasteiger partial charge >= 0.3 is 6.09 Å². The highest BCUT2D eigenvalue weighted by atomic mass is 16.5. The fourth-order valence-corrected chi connectivity index (χ4v) is 0.971. The number of allylic oxidation sites excluding steroid dienone is 1. The molecular weight excluding hydrogens is 194 g/mol. The summed E-state index contributed by atoms with van der Waals surface area (Å²) in [6.45, 7) is 1.74. The van der Waals surface area contributed by atoms with Crippen LogP contribution in [-0.2, 0) is 11.3 Å². The lowest BCUT2D eigenvalue weighted by Gasteiger charge is -2.03. The van der Waals surface area contributed by atoms with Crippen molar-refractivity contribution in [1.82, 2.24) is 0 Å². The predicted molar refractivity (Wildman–Crippen MR) is 57.3 cm³/mol. The van der Waals surface area contributed by atoms with Crippen molar-refractivity contribution in [2.45, 2.75) is 13.5 Å². The highest BCUT2D eigenvalue weighted by Crippen LogP contribution is 2.09. The van der Waals surface area contributed by atoms with Crippen LogP contribution in [0.25, 0.3) is 0 Å². The van der Waals surface area contributed by atoms with E-state index in [-0.39, 0.29) is 6.61 Å². The summed E-state index contributed by atoms with van der Waals surface area (Å²) < 4.78 is 4.67. The second kappa shape index (κ2) is 5.82. The molecule has 0 fully saturated rings. The van der Waals surface area contributed by atoms with Gasteiger partial charge in [0.1, 0.15) is 0 Å². The Morgan fingerprint density at radius 1 is 1.47 bits per heavy atom. The van der Waals surface area contributed by atoms with Crippen molar-refractivity contribution < 1.29 is 14.6 Å². The molecule has 0 aliphatic carbocycles. The summed E-state index contributed by atoms with van der Waals surface area (Å²) in [5, 5.41) is 11.3. The zero-order valence-corrected chi connectivity index (χ0v) is 8.43. The highest BCUT2D eigenvalue weighted by molar-refractivity contribution is 5.84. The summed E-state index contributed by atoms with van der Waals surface area (Å²) in [5.41, 5.74) is 1.42. The van der Waals surface area contributed by atoms with Crippen molar-refractivity contribution in [2.75, 3.05) is 5.32 Å². The minimum absolute atomic E-state index is 0.0106. The van der Waals surface area contributed by atoms with Crippen LogP contribution in [0.4, 0.5) is 10.5 Å². The molecule has 0 atom stereocenters. The Hall–Kier alpha value is -1.81. The first-order chi connectivity index (χ1) is 7.26. The average molecular weight is 207 g/mol. The van der Waals surface area contributed by atoms with Crippen LogP contribution in [0.1, 0.15) is 12.5 Å². The van der Waals surface area contributed by atoms with Crippen LogP contribution >= 0.6 is 0 Å². The highest BCUT2D eigenvalue weighted by Gasteiger charge is 2.00. The van der Waals surface area contributed by atoms with Gasteiger partial charge in [-0.2, -0.15) is 0 Å². The topological polar surface area (TPSA) is 58.6 Å². The van der Waals surface area contributed by atoms with E-state index in [0.717, 1.165) is 5.56 Å². The lowest BCUT2D eigenvalue weighted by Crippen LogP contribution is -2.10. The maximum atomic E-state index is 11.1. The molecule has 0 unspecified atom stereocenters. The predicted octanol–water partition coefficient (Wildman–Crippen LogP) is 2.26. The average Bonchev–Trinajstić information content (AvgIpc) is 2.27. The molecule has 80 valence electrons. The smallest absolute Gasteiger partial charge is 0.416 e. The van der Waals surface area contributed by atoms with Crippen LogP contribution in [-0.4, -0.2) is 11.2 Å². The summed E-state index contributed by atoms with van der Waals surface area (Å²) in [7, 11) is 0. The molecule has 1 aromatic carbocycles. The first-order valence-electron chi connectivity index (χ1n) is 4.55. The monoisotopic (exact) mass is 207 g/mol. The van der Waals surface area contributed by atoms with Gasteiger partial charge < -0.3 is 9.84 Å². The van der Waals surface area contributed by atoms with E-state index in [1.807, 2.05) is 0 Å². The summed E-state index contributed by atoms with van der Waals surface area (Å²) in [4.78, 5) is 11.1. The van der Waals surface area contributed by atoms with Crippen LogP contribution in [0.3, 0.4) is 0 Å². The number of hydrogen-bond donors (Lipinski definition) is 2. The number of aliphatic hydroxyl groups excluding tert-OH is 1. The molecule has 0 heterocycles. The number of carbonyl (C=O) groups is 1. The Morgan fingerprint density at radius 3 is 2.67 bits per heavy atom. The largest absolute Gasteiger partial charge is 0.418 e. The van der Waals surface area contributed by atoms with Crippen LogP contribution in [0.5, 0.6) is 0 Å². The third kappa shape index (κ3) is 3.83. The lowest BCUT2D eigenvalue weighted by atomic mass is 10.2. The number of carbonyl (C=O) groups excluding carboxylic acids is 1. The van der Waals surface area contributed by atoms with E-state index in [1.54, 1.807) is 37.3 Å². The van der Waals surface area contributed by atoms with Gasteiger partial charge in [0.2, 0.25) is 0 Å². The number of hydrogen-bond acceptors (Lipinski definition) is 3. The molecule has 0 aliphatic rings. The van der Waals surface area contributed by atoms with Crippen LogP contribution in [0.2, 0.25) is 0 Å². The molecule has 0 spiro atoms. The summed E-state index contributed by atoms with van der Waals surface area (Å²) in [6, 6.07) is 6.85. The van der Waals surface area contributed by atoms with Gasteiger partial charge in [-0.3, -0.25) is 5.32 Å². The van der Waals surface area contributed by atoms with Crippen LogP contribution in [0.15, 0.2) is 36.6 Å². The number of anilines is 1. The number of rotatable bonds is 3. The Labute approximate surface area is 88.2 Å². The van der Waals surface area contributed by atoms with E-state index in [0.29, 0.717) is 5.69 Å². The van der Waals surface area contributed by atoms with Gasteiger partial charge in [0.25, 0.3) is 0 Å². The zero-order valence-electron chi connectivity index (χ0n) is 8.43. The Bertz CT molecular complexity index is 343. The first-order valence-corrected chi connectivity index (χ1v) is 4.55. The van der Waals surface area contributed by atoms with Crippen molar-refractivity contribution in [2.24, 2.45) is 0 Å². The minimum Gasteiger partial charge on any atom is -0.418 e. The molecule has 0 saturated carbocycles. The summed E-state index contributed by atoms with van der Waals surface area (Å²) in [6.07, 6.45) is 2.39. The third-order valence-corrected chi connectivity index (χ3v) is 1.69. The maximum absolute atomic E-state index is 11.1. The SMILES string of the molecule is CC=COC(=O)Nc1ccc(CO)cc1. The van der Waals surface area contributed by atoms with Gasteiger partial charge in [0.05, 0.1) is 12.9 Å². The molecule has 0 aliphatic heterocycles. The van der Waals surface area contributed by atoms with Crippen molar-refractivity contribution >= 4 is 11.8 Å². The molecule has 15 heavy (non-hydrogen) atoms. The molecule has 4 heteroatoms. The number of aliphatic hydroxyl groups is 1. The van der Waals surface area contributed by atoms with Gasteiger partial charge in [-0.1, -0.05) is 18.2 Å². The van der Waals surface area contributed by atoms with Gasteiger partial charge in [0, 0.05) is 5.69 Å². The van der Waals surface area contributed by atoms with Crippen molar-refractivity contribution in [3.63, 3.8) is 0 Å². The number of amides is 1. The number of ether oxygens (including phenoxy) is 1. The summed E-state index contributed by atoms with van der Waals surface area (Å²) in [5.74, 6) is 0. The second-order valence-electron chi connectivity index (χ2n) is 2.85. The van der Waals surface area contributed by atoms with Crippen LogP contribution in [0, 0.1) is 0 Å². The van der Waals surface area contributed by atoms with E-state index in [9.17, 15) is 4.79 Å². The van der Waals surface area contributed by atoms with E-state index in [2.05, 4.69) is 10.1 Å². The van der Waals surface area contributed by atoms with Crippen LogP contribution < -0.4 is 5.32 Å². The normalized spacial score (nSPS) is 10.3. The molecule has 1 amide bonds. The molecule has 0 aromatic heterocycles. The van der Waals surface area contributed by atoms with E-state index < -0.39 is 6.09 Å². The fraction of sp³-hybridized carbons (Fsp3) is 0.182. The first kappa shape index (κ1) is 11.3. The van der Waals surface area contributed by atoms with Gasteiger partial charge in [0.15, 0.2) is 0 Å². The van der Waals surface area contributed by atoms with Crippen molar-refractivity contribution in [3.8, 4) is 0 Å². The maximum Gasteiger partial charge on any atom is 0.416 e. The fourth-order valence-electron chi connectivity index (χ4n) is 0.971. The minimum atomic E-state index is -0.537. The summed E-state index contributed by atoms with van der Waals surface area (Å²) >= 11 is 0. The third-order valence-electron chi connectivity index (χ3n) is 1.69. The molecule has 1 aromatic rings. The molecule has 0 bridgehead atoms. The second-order valence-corrected chi connectivity index (χ2v) is 2.85. The van der Waals surface area contributed by atoms with Gasteiger partial charge in [-0.15, -0.1) is 0 Å². The van der Waals surface area contributed by atoms with Crippen molar-refractivity contribution in [1.29, 1.82) is 0 Å². The zero-order chi connectivity index (χ0) is 11.1.